The molecule has 0 aliphatic carbocycles. The fourth-order valence-electron chi connectivity index (χ4n) is 4.23. The summed E-state index contributed by atoms with van der Waals surface area (Å²) in [7, 11) is 0. The highest BCUT2D eigenvalue weighted by Gasteiger charge is 2.21. The fourth-order valence-corrected chi connectivity index (χ4v) is 4.51. The molecule has 4 nitrogen and oxygen atoms in total. The molecule has 0 radical (unpaired) electrons. The molecule has 0 fully saturated rings. The van der Waals surface area contributed by atoms with E-state index in [2.05, 4.69) is 78.4 Å². The predicted molar refractivity (Wildman–Crippen MR) is 129 cm³/mol. The summed E-state index contributed by atoms with van der Waals surface area (Å²) in [4.78, 5) is 4.70. The highest BCUT2D eigenvalue weighted by molar-refractivity contribution is 7.80. The quantitative estimate of drug-likeness (QED) is 0.573. The van der Waals surface area contributed by atoms with Gasteiger partial charge in [-0.25, -0.2) is 0 Å². The second-order valence-electron chi connectivity index (χ2n) is 8.26. The Hall–Kier alpha value is -1.34. The zero-order chi connectivity index (χ0) is 20.9. The van der Waals surface area contributed by atoms with E-state index in [9.17, 15) is 0 Å². The molecular formula is C24H32N2O2S2. The van der Waals surface area contributed by atoms with Crippen LogP contribution in [0.4, 0.5) is 0 Å². The van der Waals surface area contributed by atoms with Gasteiger partial charge in [0, 0.05) is 43.2 Å². The summed E-state index contributed by atoms with van der Waals surface area (Å²) in [5, 5.41) is 0. The Morgan fingerprint density at radius 3 is 1.70 bits per heavy atom. The lowest BCUT2D eigenvalue weighted by Crippen LogP contribution is -2.33. The third-order valence-corrected chi connectivity index (χ3v) is 6.66. The zero-order valence-electron chi connectivity index (χ0n) is 17.7. The minimum absolute atomic E-state index is 0.321. The third-order valence-electron chi connectivity index (χ3n) is 6.03. The molecule has 2 heterocycles. The maximum Gasteiger partial charge on any atom is 0.142 e. The van der Waals surface area contributed by atoms with E-state index in [1.54, 1.807) is 0 Å². The van der Waals surface area contributed by atoms with E-state index in [4.69, 9.17) is 9.47 Å². The minimum atomic E-state index is 0.321. The SMILES string of the molecule is CC(c1ccc2c(c1)CN(CCCS)CO2)c1ccc2c(c1)CN(CCCS)CO2. The Morgan fingerprint density at radius 2 is 1.27 bits per heavy atom. The average molecular weight is 445 g/mol. The molecule has 0 spiro atoms. The maximum absolute atomic E-state index is 5.97. The second-order valence-corrected chi connectivity index (χ2v) is 9.16. The van der Waals surface area contributed by atoms with Crippen LogP contribution in [-0.2, 0) is 13.1 Å². The number of thiol groups is 2. The van der Waals surface area contributed by atoms with E-state index < -0.39 is 0 Å². The van der Waals surface area contributed by atoms with Gasteiger partial charge in [-0.1, -0.05) is 31.2 Å². The second kappa shape index (κ2) is 10.3. The van der Waals surface area contributed by atoms with E-state index >= 15 is 0 Å². The molecule has 0 bridgehead atoms. The number of benzene rings is 2. The highest BCUT2D eigenvalue weighted by Crippen LogP contribution is 2.34. The highest BCUT2D eigenvalue weighted by atomic mass is 32.1. The van der Waals surface area contributed by atoms with E-state index in [0.717, 1.165) is 62.0 Å². The van der Waals surface area contributed by atoms with Crippen LogP contribution in [0.2, 0.25) is 0 Å². The maximum atomic E-state index is 5.97. The van der Waals surface area contributed by atoms with Crippen molar-refractivity contribution < 1.29 is 9.47 Å². The van der Waals surface area contributed by atoms with Gasteiger partial charge in [-0.15, -0.1) is 0 Å². The van der Waals surface area contributed by atoms with E-state index in [-0.39, 0.29) is 0 Å². The first-order valence-corrected chi connectivity index (χ1v) is 12.1. The molecule has 2 aromatic rings. The zero-order valence-corrected chi connectivity index (χ0v) is 19.5. The first-order chi connectivity index (χ1) is 14.7. The Kier molecular flexibility index (Phi) is 7.52. The molecule has 162 valence electrons. The summed E-state index contributed by atoms with van der Waals surface area (Å²) in [6.45, 7) is 7.57. The number of nitrogens with zero attached hydrogens (tertiary/aromatic N) is 2. The summed E-state index contributed by atoms with van der Waals surface area (Å²) in [6.07, 6.45) is 2.17. The predicted octanol–water partition coefficient (Wildman–Crippen LogP) is 4.78. The lowest BCUT2D eigenvalue weighted by molar-refractivity contribution is 0.0957. The third kappa shape index (κ3) is 5.10. The first-order valence-electron chi connectivity index (χ1n) is 10.9. The van der Waals surface area contributed by atoms with Crippen LogP contribution in [0.5, 0.6) is 11.5 Å². The fraction of sp³-hybridized carbons (Fsp3) is 0.500. The van der Waals surface area contributed by atoms with Gasteiger partial charge in [-0.2, -0.15) is 25.3 Å². The van der Waals surface area contributed by atoms with Gasteiger partial charge >= 0.3 is 0 Å². The van der Waals surface area contributed by atoms with Gasteiger partial charge in [-0.05, 0) is 47.6 Å². The van der Waals surface area contributed by atoms with Crippen molar-refractivity contribution in [2.24, 2.45) is 0 Å². The van der Waals surface area contributed by atoms with Gasteiger partial charge < -0.3 is 9.47 Å². The normalized spacial score (nSPS) is 16.7. The van der Waals surface area contributed by atoms with Crippen molar-refractivity contribution in [3.8, 4) is 11.5 Å². The van der Waals surface area contributed by atoms with Gasteiger partial charge in [0.25, 0.3) is 0 Å². The Morgan fingerprint density at radius 1 is 0.800 bits per heavy atom. The van der Waals surface area contributed by atoms with E-state index in [1.807, 2.05) is 0 Å². The smallest absolute Gasteiger partial charge is 0.142 e. The molecule has 0 aromatic heterocycles. The summed E-state index contributed by atoms with van der Waals surface area (Å²) < 4.78 is 11.9. The van der Waals surface area contributed by atoms with Crippen molar-refractivity contribution in [3.63, 3.8) is 0 Å². The molecule has 2 aliphatic rings. The molecule has 2 aliphatic heterocycles. The summed E-state index contributed by atoms with van der Waals surface area (Å²) in [5.74, 6) is 4.18. The summed E-state index contributed by atoms with van der Waals surface area (Å²) >= 11 is 8.67. The van der Waals surface area contributed by atoms with Crippen LogP contribution in [0.25, 0.3) is 0 Å². The van der Waals surface area contributed by atoms with Crippen molar-refractivity contribution in [3.05, 3.63) is 58.7 Å². The van der Waals surface area contributed by atoms with Crippen LogP contribution in [0.3, 0.4) is 0 Å². The van der Waals surface area contributed by atoms with Gasteiger partial charge in [0.2, 0.25) is 0 Å². The number of ether oxygens (including phenoxy) is 2. The number of hydrogen-bond acceptors (Lipinski definition) is 6. The van der Waals surface area contributed by atoms with Crippen molar-refractivity contribution >= 4 is 25.3 Å². The summed E-state index contributed by atoms with van der Waals surface area (Å²) in [5.41, 5.74) is 5.22. The first kappa shape index (κ1) is 21.9. The largest absolute Gasteiger partial charge is 0.478 e. The van der Waals surface area contributed by atoms with Crippen LogP contribution in [-0.4, -0.2) is 47.9 Å². The Balaban J connectivity index is 1.49. The molecule has 0 saturated carbocycles. The van der Waals surface area contributed by atoms with Crippen LogP contribution in [0.15, 0.2) is 36.4 Å². The van der Waals surface area contributed by atoms with Gasteiger partial charge in [0.15, 0.2) is 0 Å². The monoisotopic (exact) mass is 444 g/mol. The summed E-state index contributed by atoms with van der Waals surface area (Å²) in [6, 6.07) is 13.3. The van der Waals surface area contributed by atoms with Crippen LogP contribution < -0.4 is 9.47 Å². The molecule has 0 atom stereocenters. The Labute approximate surface area is 191 Å². The Bertz CT molecular complexity index is 792. The molecule has 0 saturated heterocycles. The van der Waals surface area contributed by atoms with Crippen LogP contribution in [0, 0.1) is 0 Å². The van der Waals surface area contributed by atoms with Gasteiger partial charge in [0.1, 0.15) is 25.0 Å². The lowest BCUT2D eigenvalue weighted by atomic mass is 9.90. The molecule has 30 heavy (non-hydrogen) atoms. The van der Waals surface area contributed by atoms with Gasteiger partial charge in [-0.3, -0.25) is 9.80 Å². The van der Waals surface area contributed by atoms with Crippen LogP contribution in [0.1, 0.15) is 47.9 Å². The van der Waals surface area contributed by atoms with Crippen molar-refractivity contribution in [1.82, 2.24) is 9.80 Å². The number of rotatable bonds is 8. The van der Waals surface area contributed by atoms with Crippen LogP contribution >= 0.6 is 25.3 Å². The minimum Gasteiger partial charge on any atom is -0.478 e. The van der Waals surface area contributed by atoms with E-state index in [1.165, 1.54) is 22.3 Å². The standard InChI is InChI=1S/C24H32N2O2S2/c1-18(19-4-6-23-21(12-19)14-25(16-27-23)8-2-10-29)20-5-7-24-22(13-20)15-26(17-28-24)9-3-11-30/h4-7,12-13,18,29-30H,2-3,8-11,14-17H2,1H3. The van der Waals surface area contributed by atoms with E-state index in [0.29, 0.717) is 19.4 Å². The van der Waals surface area contributed by atoms with Crippen molar-refractivity contribution in [1.29, 1.82) is 0 Å². The number of hydrogen-bond donors (Lipinski definition) is 2. The van der Waals surface area contributed by atoms with Gasteiger partial charge in [0.05, 0.1) is 0 Å². The topological polar surface area (TPSA) is 24.9 Å². The molecule has 0 amide bonds. The molecule has 2 aromatic carbocycles. The van der Waals surface area contributed by atoms with Crippen molar-refractivity contribution in [2.75, 3.05) is 38.1 Å². The molecule has 4 rings (SSSR count). The lowest BCUT2D eigenvalue weighted by Gasteiger charge is -2.30. The average Bonchev–Trinajstić information content (AvgIpc) is 2.79. The molecular weight excluding hydrogens is 412 g/mol. The van der Waals surface area contributed by atoms with Crippen molar-refractivity contribution in [2.45, 2.75) is 38.8 Å². The molecule has 0 unspecified atom stereocenters. The molecule has 0 N–H and O–H groups in total. The number of fused-ring (bicyclic) bond motifs is 2. The molecule has 6 heteroatoms.